The molecular formula is C29H25ClN2O6S. The zero-order valence-electron chi connectivity index (χ0n) is 20.9. The molecular weight excluding hydrogens is 540 g/mol. The van der Waals surface area contributed by atoms with E-state index < -0.39 is 0 Å². The Morgan fingerprint density at radius 2 is 1.87 bits per heavy atom. The van der Waals surface area contributed by atoms with Crippen LogP contribution in [-0.2, 0) is 29.1 Å². The van der Waals surface area contributed by atoms with Crippen molar-refractivity contribution < 1.29 is 23.5 Å². The van der Waals surface area contributed by atoms with Crippen LogP contribution >= 0.6 is 22.9 Å². The minimum atomic E-state index is -0.334. The topological polar surface area (TPSA) is 89.3 Å². The van der Waals surface area contributed by atoms with E-state index in [1.54, 1.807) is 36.4 Å². The van der Waals surface area contributed by atoms with Crippen LogP contribution in [0.3, 0.4) is 0 Å². The van der Waals surface area contributed by atoms with Crippen molar-refractivity contribution >= 4 is 45.7 Å². The third-order valence-corrected chi connectivity index (χ3v) is 7.38. The molecule has 4 aromatic rings. The number of rotatable bonds is 10. The molecule has 3 heterocycles. The highest BCUT2D eigenvalue weighted by Gasteiger charge is 2.24. The fourth-order valence-electron chi connectivity index (χ4n) is 4.30. The Kier molecular flexibility index (Phi) is 7.99. The van der Waals surface area contributed by atoms with Gasteiger partial charge in [0.25, 0.3) is 0 Å². The summed E-state index contributed by atoms with van der Waals surface area (Å²) >= 11 is 7.59. The summed E-state index contributed by atoms with van der Waals surface area (Å²) in [6, 6.07) is 14.0. The Labute approximate surface area is 233 Å². The van der Waals surface area contributed by atoms with Gasteiger partial charge in [-0.05, 0) is 47.3 Å². The van der Waals surface area contributed by atoms with Gasteiger partial charge in [0.15, 0.2) is 16.9 Å². The van der Waals surface area contributed by atoms with Gasteiger partial charge < -0.3 is 23.7 Å². The second kappa shape index (κ2) is 11.8. The summed E-state index contributed by atoms with van der Waals surface area (Å²) in [5.41, 5.74) is 1.19. The van der Waals surface area contributed by atoms with Crippen molar-refractivity contribution in [3.05, 3.63) is 104 Å². The lowest BCUT2D eigenvalue weighted by atomic mass is 10.1. The van der Waals surface area contributed by atoms with Gasteiger partial charge in [-0.3, -0.25) is 14.4 Å². The standard InChI is InChI=1S/C29H25ClN2O6S/c1-2-9-31(27(33)13-22-4-3-10-39-22)16-28(34)32(14-19-5-7-25-26(11-19)38-18-37-25)15-20-17-36-24-8-6-21(30)12-23(24)29(20)35/h2-8,10-12,17H,1,9,13-16,18H2. The van der Waals surface area contributed by atoms with E-state index in [0.29, 0.717) is 33.1 Å². The third-order valence-electron chi connectivity index (χ3n) is 6.26. The van der Waals surface area contributed by atoms with E-state index in [2.05, 4.69) is 6.58 Å². The third kappa shape index (κ3) is 6.16. The molecule has 0 fully saturated rings. The summed E-state index contributed by atoms with van der Waals surface area (Å²) in [6.07, 6.45) is 3.14. The molecule has 8 nitrogen and oxygen atoms in total. The normalized spacial score (nSPS) is 11.9. The van der Waals surface area contributed by atoms with Crippen molar-refractivity contribution in [3.8, 4) is 11.5 Å². The first-order valence-corrected chi connectivity index (χ1v) is 13.4. The molecule has 39 heavy (non-hydrogen) atoms. The molecule has 0 unspecified atom stereocenters. The van der Waals surface area contributed by atoms with Gasteiger partial charge in [-0.1, -0.05) is 29.8 Å². The predicted octanol–water partition coefficient (Wildman–Crippen LogP) is 5.02. The van der Waals surface area contributed by atoms with E-state index in [9.17, 15) is 14.4 Å². The van der Waals surface area contributed by atoms with Crippen LogP contribution in [0.5, 0.6) is 11.5 Å². The van der Waals surface area contributed by atoms with Crippen LogP contribution in [-0.4, -0.2) is 41.5 Å². The monoisotopic (exact) mass is 564 g/mol. The van der Waals surface area contributed by atoms with Crippen molar-refractivity contribution in [3.63, 3.8) is 0 Å². The summed E-state index contributed by atoms with van der Waals surface area (Å²) in [7, 11) is 0. The van der Waals surface area contributed by atoms with E-state index in [4.69, 9.17) is 25.5 Å². The highest BCUT2D eigenvalue weighted by molar-refractivity contribution is 7.10. The Bertz CT molecular complexity index is 1580. The molecule has 0 aliphatic carbocycles. The molecule has 0 N–H and O–H groups in total. The minimum Gasteiger partial charge on any atom is -0.464 e. The number of thiophene rings is 1. The van der Waals surface area contributed by atoms with Gasteiger partial charge in [0.05, 0.1) is 30.2 Å². The highest BCUT2D eigenvalue weighted by Crippen LogP contribution is 2.33. The Morgan fingerprint density at radius 3 is 2.67 bits per heavy atom. The molecule has 1 aliphatic heterocycles. The molecule has 200 valence electrons. The maximum Gasteiger partial charge on any atom is 0.242 e. The van der Waals surface area contributed by atoms with Gasteiger partial charge in [-0.25, -0.2) is 0 Å². The molecule has 0 atom stereocenters. The molecule has 2 amide bonds. The lowest BCUT2D eigenvalue weighted by Gasteiger charge is -2.27. The molecule has 2 aromatic carbocycles. The van der Waals surface area contributed by atoms with Gasteiger partial charge in [-0.2, -0.15) is 0 Å². The number of fused-ring (bicyclic) bond motifs is 2. The quantitative estimate of drug-likeness (QED) is 0.251. The molecule has 0 radical (unpaired) electrons. The van der Waals surface area contributed by atoms with Crippen LogP contribution in [0.4, 0.5) is 0 Å². The van der Waals surface area contributed by atoms with Gasteiger partial charge in [0, 0.05) is 23.0 Å². The summed E-state index contributed by atoms with van der Waals surface area (Å²) in [6.45, 7) is 4.05. The number of benzene rings is 2. The van der Waals surface area contributed by atoms with Crippen molar-refractivity contribution in [1.82, 2.24) is 9.80 Å². The van der Waals surface area contributed by atoms with Crippen LogP contribution in [0, 0.1) is 0 Å². The predicted molar refractivity (Wildman–Crippen MR) is 149 cm³/mol. The van der Waals surface area contributed by atoms with Crippen LogP contribution < -0.4 is 14.9 Å². The largest absolute Gasteiger partial charge is 0.464 e. The maximum atomic E-state index is 13.7. The van der Waals surface area contributed by atoms with Crippen molar-refractivity contribution in [2.45, 2.75) is 19.5 Å². The highest BCUT2D eigenvalue weighted by atomic mass is 35.5. The van der Waals surface area contributed by atoms with Crippen LogP contribution in [0.15, 0.2) is 82.0 Å². The van der Waals surface area contributed by atoms with E-state index in [1.165, 1.54) is 27.4 Å². The lowest BCUT2D eigenvalue weighted by Crippen LogP contribution is -2.43. The molecule has 1 aliphatic rings. The van der Waals surface area contributed by atoms with E-state index in [0.717, 1.165) is 10.4 Å². The number of ether oxygens (including phenoxy) is 2. The molecule has 0 saturated carbocycles. The second-order valence-corrected chi connectivity index (χ2v) is 10.5. The second-order valence-electron chi connectivity index (χ2n) is 8.99. The van der Waals surface area contributed by atoms with Crippen molar-refractivity contribution in [1.29, 1.82) is 0 Å². The Balaban J connectivity index is 1.42. The first kappa shape index (κ1) is 26.5. The smallest absolute Gasteiger partial charge is 0.242 e. The van der Waals surface area contributed by atoms with Crippen LogP contribution in [0.1, 0.15) is 16.0 Å². The van der Waals surface area contributed by atoms with Crippen LogP contribution in [0.2, 0.25) is 5.02 Å². The molecule has 5 rings (SSSR count). The summed E-state index contributed by atoms with van der Waals surface area (Å²) in [5.74, 6) is 0.687. The average molecular weight is 565 g/mol. The van der Waals surface area contributed by atoms with E-state index in [-0.39, 0.29) is 56.6 Å². The number of halogens is 1. The number of carbonyl (C=O) groups excluding carboxylic acids is 2. The Hall–Kier alpha value is -4.08. The summed E-state index contributed by atoms with van der Waals surface area (Å²) in [5, 5.41) is 2.64. The van der Waals surface area contributed by atoms with Gasteiger partial charge in [-0.15, -0.1) is 17.9 Å². The number of nitrogens with zero attached hydrogens (tertiary/aromatic N) is 2. The maximum absolute atomic E-state index is 13.7. The molecule has 10 heteroatoms. The molecule has 0 saturated heterocycles. The van der Waals surface area contributed by atoms with Crippen molar-refractivity contribution in [2.75, 3.05) is 19.9 Å². The minimum absolute atomic E-state index is 0.0287. The average Bonchev–Trinajstić information content (AvgIpc) is 3.61. The lowest BCUT2D eigenvalue weighted by molar-refractivity contribution is -0.140. The first-order chi connectivity index (χ1) is 18.9. The van der Waals surface area contributed by atoms with E-state index in [1.807, 2.05) is 23.6 Å². The van der Waals surface area contributed by atoms with E-state index >= 15 is 0 Å². The summed E-state index contributed by atoms with van der Waals surface area (Å²) < 4.78 is 16.6. The molecule has 0 bridgehead atoms. The SMILES string of the molecule is C=CCN(CC(=O)N(Cc1ccc2c(c1)OCO2)Cc1coc2ccc(Cl)cc2c1=O)C(=O)Cc1cccs1. The molecule has 2 aromatic heterocycles. The van der Waals surface area contributed by atoms with Crippen LogP contribution in [0.25, 0.3) is 11.0 Å². The fraction of sp³-hybridized carbons (Fsp3) is 0.207. The number of carbonyl (C=O) groups is 2. The van der Waals surface area contributed by atoms with Gasteiger partial charge in [0.2, 0.25) is 18.6 Å². The molecule has 0 spiro atoms. The summed E-state index contributed by atoms with van der Waals surface area (Å²) in [4.78, 5) is 43.9. The zero-order chi connectivity index (χ0) is 27.4. The van der Waals surface area contributed by atoms with Crippen molar-refractivity contribution in [2.24, 2.45) is 0 Å². The number of hydrogen-bond donors (Lipinski definition) is 0. The number of amides is 2. The zero-order valence-corrected chi connectivity index (χ0v) is 22.5. The van der Waals surface area contributed by atoms with Gasteiger partial charge >= 0.3 is 0 Å². The number of hydrogen-bond acceptors (Lipinski definition) is 7. The van der Waals surface area contributed by atoms with Gasteiger partial charge in [0.1, 0.15) is 12.1 Å². The first-order valence-electron chi connectivity index (χ1n) is 12.2. The Morgan fingerprint density at radius 1 is 1.03 bits per heavy atom. The fourth-order valence-corrected chi connectivity index (χ4v) is 5.17.